The molecule has 1 amide bonds. The second-order valence-electron chi connectivity index (χ2n) is 5.61. The zero-order valence-electron chi connectivity index (χ0n) is 13.3. The first-order chi connectivity index (χ1) is 11.2. The molecule has 7 heteroatoms. The van der Waals surface area contributed by atoms with Gasteiger partial charge in [0, 0.05) is 38.2 Å². The maximum atomic E-state index is 11.4. The number of amides is 1. The van der Waals surface area contributed by atoms with Crippen LogP contribution >= 0.6 is 0 Å². The number of hydrazone groups is 1. The summed E-state index contributed by atoms with van der Waals surface area (Å²) in [7, 11) is 1.68. The third kappa shape index (κ3) is 3.50. The lowest BCUT2D eigenvalue weighted by molar-refractivity contribution is -0.121. The summed E-state index contributed by atoms with van der Waals surface area (Å²) in [6, 6.07) is 6.25. The van der Waals surface area contributed by atoms with E-state index < -0.39 is 0 Å². The summed E-state index contributed by atoms with van der Waals surface area (Å²) < 4.78 is 10.7. The Bertz CT molecular complexity index is 738. The highest BCUT2D eigenvalue weighted by Gasteiger charge is 2.22. The van der Waals surface area contributed by atoms with Crippen LogP contribution in [0.1, 0.15) is 25.3 Å². The van der Waals surface area contributed by atoms with Crippen molar-refractivity contribution in [2.75, 3.05) is 25.6 Å². The first-order valence-corrected chi connectivity index (χ1v) is 7.67. The predicted octanol–water partition coefficient (Wildman–Crippen LogP) is 2.14. The third-order valence-electron chi connectivity index (χ3n) is 3.74. The van der Waals surface area contributed by atoms with E-state index in [-0.39, 0.29) is 11.8 Å². The van der Waals surface area contributed by atoms with Gasteiger partial charge in [-0.25, -0.2) is 5.43 Å². The molecular weight excluding hydrogens is 296 g/mol. The minimum absolute atomic E-state index is 0.0497. The monoisotopic (exact) mass is 316 g/mol. The highest BCUT2D eigenvalue weighted by atomic mass is 16.5. The van der Waals surface area contributed by atoms with Crippen LogP contribution in [-0.4, -0.2) is 36.9 Å². The quantitative estimate of drug-likeness (QED) is 0.797. The molecule has 2 N–H and O–H groups in total. The molecule has 0 aliphatic carbocycles. The maximum Gasteiger partial charge on any atom is 0.295 e. The lowest BCUT2D eigenvalue weighted by Crippen LogP contribution is -2.31. The number of rotatable bonds is 6. The van der Waals surface area contributed by atoms with Crippen LogP contribution in [0.4, 0.5) is 6.01 Å². The van der Waals surface area contributed by atoms with Crippen LogP contribution in [0.2, 0.25) is 0 Å². The Balaban J connectivity index is 1.78. The van der Waals surface area contributed by atoms with Crippen molar-refractivity contribution < 1.29 is 13.9 Å². The number of anilines is 1. The molecule has 0 spiro atoms. The number of carbonyl (C=O) groups excluding carboxylic acids is 1. The van der Waals surface area contributed by atoms with E-state index in [1.807, 2.05) is 25.1 Å². The van der Waals surface area contributed by atoms with Gasteiger partial charge in [0.05, 0.1) is 5.71 Å². The van der Waals surface area contributed by atoms with E-state index in [2.05, 4.69) is 20.8 Å². The largest absolute Gasteiger partial charge is 0.424 e. The second-order valence-corrected chi connectivity index (χ2v) is 5.61. The molecule has 2 aromatic rings. The van der Waals surface area contributed by atoms with E-state index in [1.54, 1.807) is 7.11 Å². The first-order valence-electron chi connectivity index (χ1n) is 7.67. The maximum absolute atomic E-state index is 11.4. The molecule has 1 atom stereocenters. The molecule has 0 fully saturated rings. The second kappa shape index (κ2) is 6.78. The summed E-state index contributed by atoms with van der Waals surface area (Å²) in [6.45, 7) is 3.43. The molecule has 1 aromatic heterocycles. The zero-order chi connectivity index (χ0) is 16.2. The Labute approximate surface area is 134 Å². The Morgan fingerprint density at radius 2 is 2.35 bits per heavy atom. The van der Waals surface area contributed by atoms with Gasteiger partial charge in [0.1, 0.15) is 5.52 Å². The van der Waals surface area contributed by atoms with Crippen molar-refractivity contribution in [1.82, 2.24) is 10.4 Å². The highest BCUT2D eigenvalue weighted by Crippen LogP contribution is 2.23. The Morgan fingerprint density at radius 3 is 3.13 bits per heavy atom. The highest BCUT2D eigenvalue weighted by molar-refractivity contribution is 6.07. The standard InChI is InChI=1S/C16H20N4O3/c1-10-8-14(21)19-20-15(10)11-4-5-13-12(9-11)18-16(23-13)17-6-3-7-22-2/h4-5,9-10H,3,6-8H2,1-2H3,(H,17,18)(H,19,21). The lowest BCUT2D eigenvalue weighted by atomic mass is 9.94. The van der Waals surface area contributed by atoms with Crippen molar-refractivity contribution in [3.05, 3.63) is 23.8 Å². The topological polar surface area (TPSA) is 88.8 Å². The number of hydrogen-bond acceptors (Lipinski definition) is 6. The van der Waals surface area contributed by atoms with Crippen molar-refractivity contribution in [2.45, 2.75) is 19.8 Å². The summed E-state index contributed by atoms with van der Waals surface area (Å²) in [6.07, 6.45) is 1.33. The third-order valence-corrected chi connectivity index (χ3v) is 3.74. The van der Waals surface area contributed by atoms with Crippen LogP contribution in [0.3, 0.4) is 0 Å². The van der Waals surface area contributed by atoms with Crippen molar-refractivity contribution in [3.8, 4) is 0 Å². The number of oxazole rings is 1. The van der Waals surface area contributed by atoms with Crippen molar-refractivity contribution in [2.24, 2.45) is 11.0 Å². The summed E-state index contributed by atoms with van der Waals surface area (Å²) in [5, 5.41) is 7.31. The van der Waals surface area contributed by atoms with Crippen molar-refractivity contribution >= 4 is 28.7 Å². The van der Waals surface area contributed by atoms with Gasteiger partial charge in [-0.2, -0.15) is 10.1 Å². The fourth-order valence-corrected chi connectivity index (χ4v) is 2.58. The normalized spacial score (nSPS) is 17.9. The SMILES string of the molecule is COCCCNc1nc2cc(C3=NNC(=O)CC3C)ccc2o1. The Hall–Kier alpha value is -2.41. The number of nitrogens with zero attached hydrogens (tertiary/aromatic N) is 2. The number of benzene rings is 1. The van der Waals surface area contributed by atoms with Crippen LogP contribution in [0.15, 0.2) is 27.7 Å². The molecule has 3 rings (SSSR count). The van der Waals surface area contributed by atoms with Crippen molar-refractivity contribution in [3.63, 3.8) is 0 Å². The molecule has 7 nitrogen and oxygen atoms in total. The average Bonchev–Trinajstić information content (AvgIpc) is 2.93. The molecule has 0 saturated carbocycles. The van der Waals surface area contributed by atoms with E-state index in [0.717, 1.165) is 35.3 Å². The van der Waals surface area contributed by atoms with E-state index in [9.17, 15) is 4.79 Å². The summed E-state index contributed by atoms with van der Waals surface area (Å²) >= 11 is 0. The minimum atomic E-state index is -0.0497. The van der Waals surface area contributed by atoms with Gasteiger partial charge in [0.2, 0.25) is 5.91 Å². The van der Waals surface area contributed by atoms with Gasteiger partial charge in [-0.15, -0.1) is 0 Å². The lowest BCUT2D eigenvalue weighted by Gasteiger charge is -2.18. The Morgan fingerprint density at radius 1 is 1.48 bits per heavy atom. The van der Waals surface area contributed by atoms with Gasteiger partial charge < -0.3 is 14.5 Å². The van der Waals surface area contributed by atoms with Crippen LogP contribution in [0.25, 0.3) is 11.1 Å². The van der Waals surface area contributed by atoms with Crippen LogP contribution in [-0.2, 0) is 9.53 Å². The van der Waals surface area contributed by atoms with Gasteiger partial charge in [0.15, 0.2) is 5.58 Å². The molecule has 1 aliphatic rings. The Kier molecular flexibility index (Phi) is 4.57. The number of methoxy groups -OCH3 is 1. The fourth-order valence-electron chi connectivity index (χ4n) is 2.58. The molecule has 0 bridgehead atoms. The molecule has 23 heavy (non-hydrogen) atoms. The number of hydrogen-bond donors (Lipinski definition) is 2. The molecule has 1 unspecified atom stereocenters. The van der Waals surface area contributed by atoms with Crippen molar-refractivity contribution in [1.29, 1.82) is 0 Å². The number of ether oxygens (including phenoxy) is 1. The molecule has 1 aliphatic heterocycles. The number of carbonyl (C=O) groups is 1. The van der Waals surface area contributed by atoms with E-state index >= 15 is 0 Å². The first kappa shape index (κ1) is 15.5. The molecule has 0 saturated heterocycles. The molecule has 2 heterocycles. The van der Waals surface area contributed by atoms with Crippen LogP contribution in [0.5, 0.6) is 0 Å². The van der Waals surface area contributed by atoms with Crippen LogP contribution < -0.4 is 10.7 Å². The average molecular weight is 316 g/mol. The molecular formula is C16H20N4O3. The fraction of sp³-hybridized carbons (Fsp3) is 0.438. The number of nitrogens with one attached hydrogen (secondary N) is 2. The van der Waals surface area contributed by atoms with Gasteiger partial charge >= 0.3 is 0 Å². The van der Waals surface area contributed by atoms with Gasteiger partial charge in [-0.05, 0) is 24.6 Å². The number of aromatic nitrogens is 1. The van der Waals surface area contributed by atoms with Gasteiger partial charge in [-0.3, -0.25) is 4.79 Å². The molecule has 122 valence electrons. The summed E-state index contributed by atoms with van der Waals surface area (Å²) in [5.74, 6) is 0.0334. The smallest absolute Gasteiger partial charge is 0.295 e. The van der Waals surface area contributed by atoms with E-state index in [1.165, 1.54) is 0 Å². The van der Waals surface area contributed by atoms with Gasteiger partial charge in [-0.1, -0.05) is 6.92 Å². The van der Waals surface area contributed by atoms with E-state index in [4.69, 9.17) is 9.15 Å². The molecule has 1 aromatic carbocycles. The summed E-state index contributed by atoms with van der Waals surface area (Å²) in [5.41, 5.74) is 5.83. The number of fused-ring (bicyclic) bond motifs is 1. The minimum Gasteiger partial charge on any atom is -0.424 e. The zero-order valence-corrected chi connectivity index (χ0v) is 13.3. The molecule has 0 radical (unpaired) electrons. The summed E-state index contributed by atoms with van der Waals surface area (Å²) in [4.78, 5) is 15.8. The van der Waals surface area contributed by atoms with E-state index in [0.29, 0.717) is 19.0 Å². The van der Waals surface area contributed by atoms with Gasteiger partial charge in [0.25, 0.3) is 6.01 Å². The predicted molar refractivity (Wildman–Crippen MR) is 87.5 cm³/mol. The van der Waals surface area contributed by atoms with Crippen LogP contribution in [0, 0.1) is 5.92 Å².